The van der Waals surface area contributed by atoms with E-state index in [9.17, 15) is 9.90 Å². The number of aliphatic imine (C=N–C) groups is 2. The SMILES string of the molecule is N[C@@H](CC1=NC(=S)N=C1)C(=O)[O-].[K+]. The molecular weight excluding hydrogens is 217 g/mol. The number of hydrogen-bond acceptors (Lipinski definition) is 4. The number of carbonyl (C=O) groups excluding carboxylic acids is 1. The Hall–Kier alpha value is 0.496. The van der Waals surface area contributed by atoms with Gasteiger partial charge in [0.05, 0.1) is 17.9 Å². The van der Waals surface area contributed by atoms with Crippen LogP contribution in [0, 0.1) is 0 Å². The third-order valence-corrected chi connectivity index (χ3v) is 1.49. The standard InChI is InChI=1S/C6H7N3O2S.K/c7-4(5(10)11)1-3-2-8-6(12)9-3;/h2,4H,1,7H2,(H,10,11);/q;+1/p-1/t4-;/m0./s1. The van der Waals surface area contributed by atoms with E-state index in [1.54, 1.807) is 0 Å². The van der Waals surface area contributed by atoms with Gasteiger partial charge < -0.3 is 15.6 Å². The van der Waals surface area contributed by atoms with Gasteiger partial charge in [0, 0.05) is 12.5 Å². The Morgan fingerprint density at radius 2 is 2.38 bits per heavy atom. The van der Waals surface area contributed by atoms with Crippen molar-refractivity contribution in [2.45, 2.75) is 12.5 Å². The Balaban J connectivity index is 0.00000144. The molecule has 0 aliphatic carbocycles. The van der Waals surface area contributed by atoms with Gasteiger partial charge in [-0.05, 0) is 12.2 Å². The topological polar surface area (TPSA) is 90.9 Å². The van der Waals surface area contributed by atoms with Gasteiger partial charge in [0.25, 0.3) is 0 Å². The molecule has 64 valence electrons. The van der Waals surface area contributed by atoms with Gasteiger partial charge in [-0.3, -0.25) is 0 Å². The van der Waals surface area contributed by atoms with Crippen LogP contribution in [-0.4, -0.2) is 29.0 Å². The quantitative estimate of drug-likeness (QED) is 0.384. The van der Waals surface area contributed by atoms with Gasteiger partial charge in [0.2, 0.25) is 5.11 Å². The number of rotatable bonds is 3. The first-order valence-corrected chi connectivity index (χ1v) is 3.62. The minimum absolute atomic E-state index is 0. The first-order chi connectivity index (χ1) is 5.59. The van der Waals surface area contributed by atoms with Gasteiger partial charge in [-0.25, -0.2) is 9.98 Å². The van der Waals surface area contributed by atoms with E-state index in [0.29, 0.717) is 5.71 Å². The van der Waals surface area contributed by atoms with Crippen molar-refractivity contribution in [3.63, 3.8) is 0 Å². The molecule has 1 heterocycles. The first kappa shape index (κ1) is 13.5. The molecule has 7 heteroatoms. The molecule has 1 atom stereocenters. The largest absolute Gasteiger partial charge is 1.00 e. The fraction of sp³-hybridized carbons (Fsp3) is 0.333. The van der Waals surface area contributed by atoms with Crippen molar-refractivity contribution >= 4 is 35.2 Å². The molecule has 0 aromatic heterocycles. The Morgan fingerprint density at radius 3 is 2.77 bits per heavy atom. The van der Waals surface area contributed by atoms with Crippen LogP contribution < -0.4 is 62.2 Å². The molecule has 0 fully saturated rings. The molecule has 0 aromatic carbocycles. The van der Waals surface area contributed by atoms with Gasteiger partial charge in [0.15, 0.2) is 0 Å². The molecule has 0 saturated heterocycles. The number of thiocarbonyl (C=S) groups is 1. The predicted molar refractivity (Wildman–Crippen MR) is 46.1 cm³/mol. The molecule has 0 spiro atoms. The maximum absolute atomic E-state index is 10.2. The Labute approximate surface area is 123 Å². The van der Waals surface area contributed by atoms with Crippen LogP contribution in [0.1, 0.15) is 6.42 Å². The minimum atomic E-state index is -1.30. The second-order valence-electron chi connectivity index (χ2n) is 2.27. The van der Waals surface area contributed by atoms with Crippen LogP contribution in [0.25, 0.3) is 0 Å². The second kappa shape index (κ2) is 6.07. The van der Waals surface area contributed by atoms with Crippen molar-refractivity contribution in [1.82, 2.24) is 0 Å². The number of aliphatic carboxylic acids is 1. The number of carbonyl (C=O) groups is 1. The molecule has 0 aromatic rings. The molecule has 0 bridgehead atoms. The Kier molecular flexibility index (Phi) is 6.30. The van der Waals surface area contributed by atoms with Crippen LogP contribution in [0.2, 0.25) is 0 Å². The summed E-state index contributed by atoms with van der Waals surface area (Å²) in [5.41, 5.74) is 5.68. The number of carboxylic acid groups (broad SMARTS) is 1. The molecule has 13 heavy (non-hydrogen) atoms. The Bertz CT molecular complexity index is 290. The zero-order chi connectivity index (χ0) is 9.14. The van der Waals surface area contributed by atoms with Crippen LogP contribution in [0.3, 0.4) is 0 Å². The summed E-state index contributed by atoms with van der Waals surface area (Å²) in [6, 6.07) is -1.05. The van der Waals surface area contributed by atoms with E-state index in [1.165, 1.54) is 6.21 Å². The van der Waals surface area contributed by atoms with Gasteiger partial charge in [0.1, 0.15) is 0 Å². The average Bonchev–Trinajstić information content (AvgIpc) is 2.35. The van der Waals surface area contributed by atoms with E-state index < -0.39 is 12.0 Å². The predicted octanol–water partition coefficient (Wildman–Crippen LogP) is -4.73. The maximum atomic E-state index is 10.2. The van der Waals surface area contributed by atoms with Crippen molar-refractivity contribution in [2.24, 2.45) is 15.7 Å². The van der Waals surface area contributed by atoms with E-state index >= 15 is 0 Å². The zero-order valence-electron chi connectivity index (χ0n) is 7.06. The van der Waals surface area contributed by atoms with Gasteiger partial charge in [-0.15, -0.1) is 0 Å². The van der Waals surface area contributed by atoms with E-state index in [-0.39, 0.29) is 62.9 Å². The molecule has 5 nitrogen and oxygen atoms in total. The fourth-order valence-corrected chi connectivity index (χ4v) is 0.887. The number of hydrogen-bond donors (Lipinski definition) is 1. The van der Waals surface area contributed by atoms with Crippen LogP contribution in [0.15, 0.2) is 9.98 Å². The number of nitrogens with two attached hydrogens (primary N) is 1. The summed E-state index contributed by atoms with van der Waals surface area (Å²) in [5, 5.41) is 10.4. The summed E-state index contributed by atoms with van der Waals surface area (Å²) in [6.45, 7) is 0. The van der Waals surface area contributed by atoms with Crippen LogP contribution in [-0.2, 0) is 4.79 Å². The summed E-state index contributed by atoms with van der Waals surface area (Å²) < 4.78 is 0. The summed E-state index contributed by atoms with van der Waals surface area (Å²) in [7, 11) is 0. The van der Waals surface area contributed by atoms with Gasteiger partial charge in [-0.2, -0.15) is 0 Å². The van der Waals surface area contributed by atoms with E-state index in [2.05, 4.69) is 22.2 Å². The Morgan fingerprint density at radius 1 is 1.77 bits per heavy atom. The maximum Gasteiger partial charge on any atom is 1.00 e. The minimum Gasteiger partial charge on any atom is -0.548 e. The average molecular weight is 223 g/mol. The summed E-state index contributed by atoms with van der Waals surface area (Å²) in [4.78, 5) is 17.6. The van der Waals surface area contributed by atoms with Crippen LogP contribution in [0.4, 0.5) is 0 Å². The van der Waals surface area contributed by atoms with Crippen LogP contribution >= 0.6 is 12.2 Å². The summed E-state index contributed by atoms with van der Waals surface area (Å²) >= 11 is 4.63. The molecular formula is C6H6KN3O2S. The first-order valence-electron chi connectivity index (χ1n) is 3.21. The zero-order valence-corrected chi connectivity index (χ0v) is 11.0. The molecule has 1 rings (SSSR count). The summed E-state index contributed by atoms with van der Waals surface area (Å²) in [6.07, 6.45) is 1.51. The molecule has 1 aliphatic rings. The smallest absolute Gasteiger partial charge is 0.548 e. The third kappa shape index (κ3) is 4.50. The molecule has 0 unspecified atom stereocenters. The van der Waals surface area contributed by atoms with Crippen LogP contribution in [0.5, 0.6) is 0 Å². The van der Waals surface area contributed by atoms with Crippen molar-refractivity contribution in [3.8, 4) is 0 Å². The van der Waals surface area contributed by atoms with Crippen molar-refractivity contribution < 1.29 is 61.3 Å². The van der Waals surface area contributed by atoms with Crippen molar-refractivity contribution in [3.05, 3.63) is 0 Å². The van der Waals surface area contributed by atoms with E-state index in [4.69, 9.17) is 5.73 Å². The van der Waals surface area contributed by atoms with E-state index in [1.807, 2.05) is 0 Å². The number of carboxylic acids is 1. The van der Waals surface area contributed by atoms with Crippen molar-refractivity contribution in [1.29, 1.82) is 0 Å². The molecule has 2 N–H and O–H groups in total. The molecule has 0 saturated carbocycles. The van der Waals surface area contributed by atoms with Crippen molar-refractivity contribution in [2.75, 3.05) is 0 Å². The fourth-order valence-electron chi connectivity index (χ4n) is 0.717. The molecule has 0 amide bonds. The summed E-state index contributed by atoms with van der Waals surface area (Å²) in [5.74, 6) is -1.30. The van der Waals surface area contributed by atoms with Gasteiger partial charge in [-0.1, -0.05) is 0 Å². The molecule has 1 aliphatic heterocycles. The van der Waals surface area contributed by atoms with E-state index in [0.717, 1.165) is 0 Å². The second-order valence-corrected chi connectivity index (χ2v) is 2.64. The monoisotopic (exact) mass is 223 g/mol. The molecule has 0 radical (unpaired) electrons. The third-order valence-electron chi connectivity index (χ3n) is 1.30. The van der Waals surface area contributed by atoms with Gasteiger partial charge >= 0.3 is 51.4 Å². The normalized spacial score (nSPS) is 16.4. The number of nitrogens with zero attached hydrogens (tertiary/aromatic N) is 2.